The minimum Gasteiger partial charge on any atom is -0.388 e. The molecule has 0 aromatic carbocycles. The van der Waals surface area contributed by atoms with Gasteiger partial charge < -0.3 is 14.7 Å². The van der Waals surface area contributed by atoms with Crippen LogP contribution in [0.1, 0.15) is 6.92 Å². The van der Waals surface area contributed by atoms with Gasteiger partial charge in [-0.3, -0.25) is 4.90 Å². The predicted molar refractivity (Wildman–Crippen MR) is 54.3 cm³/mol. The van der Waals surface area contributed by atoms with Crippen molar-refractivity contribution in [2.24, 2.45) is 0 Å². The van der Waals surface area contributed by atoms with Gasteiger partial charge in [0.2, 0.25) is 0 Å². The van der Waals surface area contributed by atoms with E-state index in [1.165, 1.54) is 0 Å². The van der Waals surface area contributed by atoms with E-state index < -0.39 is 5.60 Å². The van der Waals surface area contributed by atoms with E-state index in [0.717, 1.165) is 39.3 Å². The summed E-state index contributed by atoms with van der Waals surface area (Å²) in [6, 6.07) is 0. The molecule has 0 saturated carbocycles. The summed E-state index contributed by atoms with van der Waals surface area (Å²) in [4.78, 5) is 4.55. The number of likely N-dealkylation sites (N-methyl/N-ethyl adjacent to an activating group) is 1. The van der Waals surface area contributed by atoms with Crippen LogP contribution in [0.25, 0.3) is 0 Å². The number of ether oxygens (including phenoxy) is 1. The quantitative estimate of drug-likeness (QED) is 0.645. The van der Waals surface area contributed by atoms with Crippen LogP contribution in [0, 0.1) is 0 Å². The summed E-state index contributed by atoms with van der Waals surface area (Å²) in [6.07, 6.45) is 0.324. The number of nitrogens with zero attached hydrogens (tertiary/aromatic N) is 2. The zero-order chi connectivity index (χ0) is 10.2. The number of aliphatic hydroxyl groups is 1. The Bertz CT molecular complexity index is 200. The maximum absolute atomic E-state index is 9.57. The van der Waals surface area contributed by atoms with Gasteiger partial charge in [-0.25, -0.2) is 0 Å². The monoisotopic (exact) mass is 200 g/mol. The van der Waals surface area contributed by atoms with Gasteiger partial charge in [0.05, 0.1) is 18.3 Å². The number of hydrogen-bond donors (Lipinski definition) is 1. The molecule has 2 fully saturated rings. The van der Waals surface area contributed by atoms with Crippen molar-refractivity contribution in [2.45, 2.75) is 18.6 Å². The normalized spacial score (nSPS) is 34.1. The first-order valence-electron chi connectivity index (χ1n) is 5.30. The molecule has 0 spiro atoms. The van der Waals surface area contributed by atoms with Crippen molar-refractivity contribution in [2.75, 3.05) is 46.4 Å². The molecule has 1 N–H and O–H groups in total. The Morgan fingerprint density at radius 3 is 2.79 bits per heavy atom. The first kappa shape index (κ1) is 10.4. The standard InChI is InChI=1S/C10H20N2O2/c1-10(13)7-12(8-10)6-9-5-11(2)3-4-14-9/h9,13H,3-8H2,1-2H3. The Hall–Kier alpha value is -0.160. The van der Waals surface area contributed by atoms with Crippen LogP contribution < -0.4 is 0 Å². The van der Waals surface area contributed by atoms with Crippen LogP contribution in [0.3, 0.4) is 0 Å². The molecule has 0 aliphatic carbocycles. The van der Waals surface area contributed by atoms with E-state index in [-0.39, 0.29) is 0 Å². The number of likely N-dealkylation sites (tertiary alicyclic amines) is 1. The summed E-state index contributed by atoms with van der Waals surface area (Å²) < 4.78 is 5.66. The number of rotatable bonds is 2. The highest BCUT2D eigenvalue weighted by molar-refractivity contribution is 4.92. The van der Waals surface area contributed by atoms with Crippen molar-refractivity contribution in [1.82, 2.24) is 9.80 Å². The van der Waals surface area contributed by atoms with Crippen molar-refractivity contribution in [3.8, 4) is 0 Å². The summed E-state index contributed by atoms with van der Waals surface area (Å²) in [5.41, 5.74) is -0.458. The van der Waals surface area contributed by atoms with E-state index in [0.29, 0.717) is 6.10 Å². The lowest BCUT2D eigenvalue weighted by molar-refractivity contribution is -0.113. The lowest BCUT2D eigenvalue weighted by Crippen LogP contribution is -2.62. The minimum absolute atomic E-state index is 0.324. The topological polar surface area (TPSA) is 35.9 Å². The Morgan fingerprint density at radius 1 is 1.50 bits per heavy atom. The molecule has 4 heteroatoms. The van der Waals surface area contributed by atoms with Gasteiger partial charge >= 0.3 is 0 Å². The molecule has 0 aromatic rings. The molecule has 4 nitrogen and oxygen atoms in total. The van der Waals surface area contributed by atoms with Gasteiger partial charge in [-0.05, 0) is 14.0 Å². The van der Waals surface area contributed by atoms with E-state index in [1.807, 2.05) is 6.92 Å². The highest BCUT2D eigenvalue weighted by Gasteiger charge is 2.37. The summed E-state index contributed by atoms with van der Waals surface area (Å²) in [5, 5.41) is 9.57. The molecular weight excluding hydrogens is 180 g/mol. The van der Waals surface area contributed by atoms with Crippen molar-refractivity contribution in [3.05, 3.63) is 0 Å². The second kappa shape index (κ2) is 3.77. The van der Waals surface area contributed by atoms with E-state index in [1.54, 1.807) is 0 Å². The third-order valence-electron chi connectivity index (χ3n) is 2.93. The summed E-state index contributed by atoms with van der Waals surface area (Å²) in [6.45, 7) is 7.31. The third kappa shape index (κ3) is 2.45. The fourth-order valence-electron chi connectivity index (χ4n) is 2.31. The SMILES string of the molecule is CN1CCOC(CN2CC(C)(O)C2)C1. The van der Waals surface area contributed by atoms with Crippen LogP contribution in [0.15, 0.2) is 0 Å². The third-order valence-corrected chi connectivity index (χ3v) is 2.93. The van der Waals surface area contributed by atoms with E-state index in [2.05, 4.69) is 16.8 Å². The molecule has 1 atom stereocenters. The lowest BCUT2D eigenvalue weighted by atomic mass is 9.96. The first-order chi connectivity index (χ1) is 6.55. The first-order valence-corrected chi connectivity index (χ1v) is 5.30. The van der Waals surface area contributed by atoms with E-state index >= 15 is 0 Å². The molecule has 14 heavy (non-hydrogen) atoms. The predicted octanol–water partition coefficient (Wildman–Crippen LogP) is -0.616. The summed E-state index contributed by atoms with van der Waals surface area (Å²) in [7, 11) is 2.13. The van der Waals surface area contributed by atoms with Crippen LogP contribution in [0.2, 0.25) is 0 Å². The van der Waals surface area contributed by atoms with Crippen molar-refractivity contribution in [1.29, 1.82) is 0 Å². The Balaban J connectivity index is 1.71. The average Bonchev–Trinajstić information content (AvgIpc) is 2.00. The molecule has 0 bridgehead atoms. The van der Waals surface area contributed by atoms with Crippen molar-refractivity contribution < 1.29 is 9.84 Å². The Labute approximate surface area is 85.4 Å². The maximum atomic E-state index is 9.57. The zero-order valence-electron chi connectivity index (χ0n) is 9.07. The lowest BCUT2D eigenvalue weighted by Gasteiger charge is -2.46. The van der Waals surface area contributed by atoms with Crippen LogP contribution in [-0.4, -0.2) is 73.0 Å². The van der Waals surface area contributed by atoms with Crippen LogP contribution in [-0.2, 0) is 4.74 Å². The molecule has 82 valence electrons. The molecule has 0 aromatic heterocycles. The number of β-amino-alcohol motifs (C(OH)–C–C–N with tert-alkyl or cyclic N) is 1. The largest absolute Gasteiger partial charge is 0.388 e. The number of hydrogen-bond acceptors (Lipinski definition) is 4. The van der Waals surface area contributed by atoms with Gasteiger partial charge in [-0.15, -0.1) is 0 Å². The molecule has 2 rings (SSSR count). The number of morpholine rings is 1. The van der Waals surface area contributed by atoms with Gasteiger partial charge in [0.15, 0.2) is 0 Å². The molecule has 0 radical (unpaired) electrons. The van der Waals surface area contributed by atoms with Crippen molar-refractivity contribution >= 4 is 0 Å². The van der Waals surface area contributed by atoms with Crippen LogP contribution in [0.5, 0.6) is 0 Å². The summed E-state index contributed by atoms with van der Waals surface area (Å²) >= 11 is 0. The molecular formula is C10H20N2O2. The Kier molecular flexibility index (Phi) is 2.79. The minimum atomic E-state index is -0.458. The molecule has 2 saturated heterocycles. The Morgan fingerprint density at radius 2 is 2.21 bits per heavy atom. The molecule has 2 aliphatic rings. The van der Waals surface area contributed by atoms with Gasteiger partial charge in [-0.2, -0.15) is 0 Å². The van der Waals surface area contributed by atoms with E-state index in [9.17, 15) is 5.11 Å². The molecule has 1 unspecified atom stereocenters. The summed E-state index contributed by atoms with van der Waals surface area (Å²) in [5.74, 6) is 0. The van der Waals surface area contributed by atoms with Crippen LogP contribution >= 0.6 is 0 Å². The zero-order valence-corrected chi connectivity index (χ0v) is 9.07. The van der Waals surface area contributed by atoms with Gasteiger partial charge in [0.25, 0.3) is 0 Å². The maximum Gasteiger partial charge on any atom is 0.0872 e. The van der Waals surface area contributed by atoms with Gasteiger partial charge in [0.1, 0.15) is 0 Å². The average molecular weight is 200 g/mol. The fraction of sp³-hybridized carbons (Fsp3) is 1.00. The fourth-order valence-corrected chi connectivity index (χ4v) is 2.31. The van der Waals surface area contributed by atoms with Crippen molar-refractivity contribution in [3.63, 3.8) is 0 Å². The molecule has 2 aliphatic heterocycles. The second-order valence-electron chi connectivity index (χ2n) is 4.92. The van der Waals surface area contributed by atoms with Gasteiger partial charge in [-0.1, -0.05) is 0 Å². The smallest absolute Gasteiger partial charge is 0.0872 e. The van der Waals surface area contributed by atoms with Gasteiger partial charge in [0, 0.05) is 32.7 Å². The van der Waals surface area contributed by atoms with Crippen LogP contribution in [0.4, 0.5) is 0 Å². The molecule has 0 amide bonds. The highest BCUT2D eigenvalue weighted by Crippen LogP contribution is 2.20. The highest BCUT2D eigenvalue weighted by atomic mass is 16.5. The molecule has 2 heterocycles. The van der Waals surface area contributed by atoms with E-state index in [4.69, 9.17) is 4.74 Å². The second-order valence-corrected chi connectivity index (χ2v) is 4.92.